The second-order valence-electron chi connectivity index (χ2n) is 4.49. The highest BCUT2D eigenvalue weighted by Crippen LogP contribution is 1.98. The fraction of sp³-hybridized carbons (Fsp3) is 0.917. The van der Waals surface area contributed by atoms with Gasteiger partial charge in [-0.15, -0.1) is 0 Å². The van der Waals surface area contributed by atoms with Gasteiger partial charge in [-0.1, -0.05) is 27.2 Å². The molecule has 0 aliphatic rings. The maximum absolute atomic E-state index is 10.6. The molecule has 0 saturated carbocycles. The summed E-state index contributed by atoms with van der Waals surface area (Å²) in [5, 5.41) is 8.76. The van der Waals surface area contributed by atoms with E-state index in [4.69, 9.17) is 9.84 Å². The van der Waals surface area contributed by atoms with E-state index in [1.165, 1.54) is 0 Å². The van der Waals surface area contributed by atoms with Crippen LogP contribution in [0.15, 0.2) is 0 Å². The van der Waals surface area contributed by atoms with Gasteiger partial charge < -0.3 is 9.84 Å². The van der Waals surface area contributed by atoms with Crippen molar-refractivity contribution in [3.63, 3.8) is 0 Å². The first kappa shape index (κ1) is 15.4. The Kier molecular flexibility index (Phi) is 9.24. The number of aliphatic carboxylic acids is 1. The number of ether oxygens (including phenoxy) is 1. The van der Waals surface area contributed by atoms with E-state index in [-0.39, 0.29) is 6.54 Å². The Labute approximate surface area is 98.6 Å². The van der Waals surface area contributed by atoms with E-state index in [2.05, 4.69) is 20.8 Å². The summed E-state index contributed by atoms with van der Waals surface area (Å²) in [6.07, 6.45) is 2.20. The van der Waals surface area contributed by atoms with Crippen LogP contribution >= 0.6 is 0 Å². The molecule has 4 nitrogen and oxygen atoms in total. The van der Waals surface area contributed by atoms with Gasteiger partial charge in [-0.05, 0) is 12.3 Å². The quantitative estimate of drug-likeness (QED) is 0.583. The molecule has 0 aliphatic carbocycles. The summed E-state index contributed by atoms with van der Waals surface area (Å²) in [4.78, 5) is 12.6. The van der Waals surface area contributed by atoms with Gasteiger partial charge in [-0.2, -0.15) is 0 Å². The Hall–Kier alpha value is -0.610. The molecule has 4 heteroatoms. The van der Waals surface area contributed by atoms with Crippen molar-refractivity contribution >= 4 is 5.97 Å². The van der Waals surface area contributed by atoms with Crippen molar-refractivity contribution < 1.29 is 14.6 Å². The van der Waals surface area contributed by atoms with Crippen LogP contribution < -0.4 is 0 Å². The third-order valence-corrected chi connectivity index (χ3v) is 2.18. The third kappa shape index (κ3) is 9.93. The Balaban J connectivity index is 3.69. The highest BCUT2D eigenvalue weighted by atomic mass is 16.5. The predicted molar refractivity (Wildman–Crippen MR) is 64.6 cm³/mol. The molecule has 0 saturated heterocycles. The molecular formula is C12H25NO3. The van der Waals surface area contributed by atoms with Crippen molar-refractivity contribution in [3.8, 4) is 0 Å². The number of hydrogen-bond donors (Lipinski definition) is 1. The number of hydrogen-bond acceptors (Lipinski definition) is 3. The molecule has 0 aromatic heterocycles. The Bertz CT molecular complexity index is 183. The van der Waals surface area contributed by atoms with Crippen LogP contribution in [-0.4, -0.2) is 48.8 Å². The second kappa shape index (κ2) is 9.60. The standard InChI is InChI=1S/C12H25NO3/c1-4-5-7-16-8-6-13(9-11(2)3)10-12(14)15/h11H,4-10H2,1-3H3,(H,14,15). The summed E-state index contributed by atoms with van der Waals surface area (Å²) in [5.74, 6) is -0.288. The molecule has 96 valence electrons. The average Bonchev–Trinajstić information content (AvgIpc) is 2.15. The number of unbranched alkanes of at least 4 members (excludes halogenated alkanes) is 1. The van der Waals surface area contributed by atoms with Crippen molar-refractivity contribution in [2.45, 2.75) is 33.6 Å². The van der Waals surface area contributed by atoms with E-state index >= 15 is 0 Å². The van der Waals surface area contributed by atoms with E-state index < -0.39 is 5.97 Å². The van der Waals surface area contributed by atoms with Gasteiger partial charge in [0, 0.05) is 19.7 Å². The summed E-state index contributed by atoms with van der Waals surface area (Å²) in [5.41, 5.74) is 0. The molecule has 0 radical (unpaired) electrons. The molecule has 0 rings (SSSR count). The summed E-state index contributed by atoms with van der Waals surface area (Å²) in [6.45, 7) is 9.32. The fourth-order valence-electron chi connectivity index (χ4n) is 1.48. The number of carbonyl (C=O) groups is 1. The predicted octanol–water partition coefficient (Wildman–Crippen LogP) is 1.85. The van der Waals surface area contributed by atoms with Gasteiger partial charge >= 0.3 is 5.97 Å². The van der Waals surface area contributed by atoms with E-state index in [9.17, 15) is 4.79 Å². The lowest BCUT2D eigenvalue weighted by atomic mass is 10.2. The molecule has 0 unspecified atom stereocenters. The summed E-state index contributed by atoms with van der Waals surface area (Å²) in [7, 11) is 0. The first-order valence-corrected chi connectivity index (χ1v) is 6.08. The van der Waals surface area contributed by atoms with E-state index in [1.54, 1.807) is 0 Å². The van der Waals surface area contributed by atoms with Crippen LogP contribution in [0.4, 0.5) is 0 Å². The van der Waals surface area contributed by atoms with Crippen LogP contribution in [-0.2, 0) is 9.53 Å². The lowest BCUT2D eigenvalue weighted by Crippen LogP contribution is -2.35. The highest BCUT2D eigenvalue weighted by molar-refractivity contribution is 5.69. The SMILES string of the molecule is CCCCOCCN(CC(=O)O)CC(C)C. The number of carboxylic acid groups (broad SMARTS) is 1. The number of carboxylic acids is 1. The Morgan fingerprint density at radius 1 is 1.38 bits per heavy atom. The highest BCUT2D eigenvalue weighted by Gasteiger charge is 2.10. The zero-order valence-electron chi connectivity index (χ0n) is 10.7. The van der Waals surface area contributed by atoms with Gasteiger partial charge in [0.15, 0.2) is 0 Å². The molecule has 0 aromatic rings. The number of rotatable bonds is 10. The lowest BCUT2D eigenvalue weighted by molar-refractivity contribution is -0.138. The van der Waals surface area contributed by atoms with Crippen molar-refractivity contribution in [3.05, 3.63) is 0 Å². The molecule has 0 aliphatic heterocycles. The summed E-state index contributed by atoms with van der Waals surface area (Å²) in [6, 6.07) is 0. The minimum absolute atomic E-state index is 0.106. The fourth-order valence-corrected chi connectivity index (χ4v) is 1.48. The second-order valence-corrected chi connectivity index (χ2v) is 4.49. The Morgan fingerprint density at radius 2 is 2.06 bits per heavy atom. The van der Waals surface area contributed by atoms with E-state index in [0.29, 0.717) is 19.1 Å². The average molecular weight is 231 g/mol. The minimum Gasteiger partial charge on any atom is -0.480 e. The maximum Gasteiger partial charge on any atom is 0.317 e. The molecule has 0 bridgehead atoms. The molecule has 16 heavy (non-hydrogen) atoms. The van der Waals surface area contributed by atoms with Crippen molar-refractivity contribution in [1.29, 1.82) is 0 Å². The van der Waals surface area contributed by atoms with Crippen LogP contribution in [0, 0.1) is 5.92 Å². The lowest BCUT2D eigenvalue weighted by Gasteiger charge is -2.22. The van der Waals surface area contributed by atoms with Crippen LogP contribution in [0.2, 0.25) is 0 Å². The largest absolute Gasteiger partial charge is 0.480 e. The third-order valence-electron chi connectivity index (χ3n) is 2.18. The van der Waals surface area contributed by atoms with Gasteiger partial charge in [0.25, 0.3) is 0 Å². The van der Waals surface area contributed by atoms with E-state index in [0.717, 1.165) is 26.0 Å². The van der Waals surface area contributed by atoms with Gasteiger partial charge in [0.2, 0.25) is 0 Å². The smallest absolute Gasteiger partial charge is 0.317 e. The maximum atomic E-state index is 10.6. The molecule has 0 atom stereocenters. The van der Waals surface area contributed by atoms with Gasteiger partial charge in [-0.25, -0.2) is 0 Å². The molecule has 0 fully saturated rings. The normalized spacial score (nSPS) is 11.3. The Morgan fingerprint density at radius 3 is 2.56 bits per heavy atom. The summed E-state index contributed by atoms with van der Waals surface area (Å²) < 4.78 is 5.43. The molecule has 1 N–H and O–H groups in total. The summed E-state index contributed by atoms with van der Waals surface area (Å²) >= 11 is 0. The van der Waals surface area contributed by atoms with Gasteiger partial charge in [0.1, 0.15) is 0 Å². The minimum atomic E-state index is -0.769. The zero-order chi connectivity index (χ0) is 12.4. The van der Waals surface area contributed by atoms with Gasteiger partial charge in [0.05, 0.1) is 13.2 Å². The molecule has 0 amide bonds. The van der Waals surface area contributed by atoms with Gasteiger partial charge in [-0.3, -0.25) is 9.69 Å². The van der Waals surface area contributed by atoms with Crippen LogP contribution in [0.3, 0.4) is 0 Å². The van der Waals surface area contributed by atoms with Crippen molar-refractivity contribution in [1.82, 2.24) is 4.90 Å². The number of nitrogens with zero attached hydrogens (tertiary/aromatic N) is 1. The zero-order valence-corrected chi connectivity index (χ0v) is 10.7. The van der Waals surface area contributed by atoms with Crippen molar-refractivity contribution in [2.24, 2.45) is 5.92 Å². The van der Waals surface area contributed by atoms with Crippen LogP contribution in [0.5, 0.6) is 0 Å². The molecule has 0 spiro atoms. The molecular weight excluding hydrogens is 206 g/mol. The van der Waals surface area contributed by atoms with E-state index in [1.807, 2.05) is 4.90 Å². The monoisotopic (exact) mass is 231 g/mol. The van der Waals surface area contributed by atoms with Crippen LogP contribution in [0.1, 0.15) is 33.6 Å². The molecule has 0 heterocycles. The topological polar surface area (TPSA) is 49.8 Å². The first-order valence-electron chi connectivity index (χ1n) is 6.08. The van der Waals surface area contributed by atoms with Crippen molar-refractivity contribution in [2.75, 3.05) is 32.8 Å². The first-order chi connectivity index (χ1) is 7.56. The van der Waals surface area contributed by atoms with Crippen LogP contribution in [0.25, 0.3) is 0 Å². The molecule has 0 aromatic carbocycles.